The molecule has 0 spiro atoms. The Bertz CT molecular complexity index is 1170. The molecule has 1 atom stereocenters. The van der Waals surface area contributed by atoms with Crippen molar-refractivity contribution in [2.75, 3.05) is 31.1 Å². The average molecular weight is 498 g/mol. The summed E-state index contributed by atoms with van der Waals surface area (Å²) in [6.45, 7) is 3.89. The van der Waals surface area contributed by atoms with E-state index in [1.54, 1.807) is 17.4 Å². The second-order valence-electron chi connectivity index (χ2n) is 8.14. The Hall–Kier alpha value is -2.45. The van der Waals surface area contributed by atoms with E-state index >= 15 is 0 Å². The van der Waals surface area contributed by atoms with Gasteiger partial charge in [-0.1, -0.05) is 47.6 Å². The number of hydrogen-bond acceptors (Lipinski definition) is 6. The van der Waals surface area contributed by atoms with Gasteiger partial charge in [0.2, 0.25) is 0 Å². The highest BCUT2D eigenvalue weighted by atomic mass is 35.5. The Morgan fingerprint density at radius 2 is 1.79 bits per heavy atom. The molecule has 0 aliphatic carbocycles. The molecule has 5 nitrogen and oxygen atoms in total. The van der Waals surface area contributed by atoms with Crippen LogP contribution in [0.1, 0.15) is 17.5 Å². The van der Waals surface area contributed by atoms with Crippen molar-refractivity contribution in [2.45, 2.75) is 16.9 Å². The molecule has 2 aliphatic heterocycles. The van der Waals surface area contributed by atoms with Gasteiger partial charge in [-0.2, -0.15) is 11.3 Å². The van der Waals surface area contributed by atoms with Gasteiger partial charge < -0.3 is 20.6 Å². The first kappa shape index (κ1) is 22.3. The number of hydrogen-bond donors (Lipinski definition) is 3. The van der Waals surface area contributed by atoms with E-state index in [2.05, 4.69) is 39.8 Å². The number of aliphatic hydroxyl groups is 1. The number of anilines is 1. The third-order valence-corrected chi connectivity index (χ3v) is 8.46. The maximum Gasteiger partial charge on any atom is 0.262 e. The second kappa shape index (κ2) is 9.43. The van der Waals surface area contributed by atoms with Crippen molar-refractivity contribution in [3.05, 3.63) is 92.2 Å². The Kier molecular flexibility index (Phi) is 6.38. The normalized spacial score (nSPS) is 21.2. The molecule has 8 heteroatoms. The quantitative estimate of drug-likeness (QED) is 0.455. The molecule has 2 aliphatic rings. The maximum atomic E-state index is 13.3. The molecule has 1 amide bonds. The van der Waals surface area contributed by atoms with Crippen LogP contribution in [0.5, 0.6) is 0 Å². The van der Waals surface area contributed by atoms with Crippen molar-refractivity contribution >= 4 is 46.3 Å². The zero-order valence-corrected chi connectivity index (χ0v) is 20.3. The van der Waals surface area contributed by atoms with Gasteiger partial charge in [0.25, 0.3) is 5.91 Å². The molecular weight excluding hydrogens is 474 g/mol. The molecule has 1 unspecified atom stereocenters. The third kappa shape index (κ3) is 4.38. The van der Waals surface area contributed by atoms with E-state index in [0.29, 0.717) is 5.02 Å². The number of aliphatic hydroxyl groups excluding tert-OH is 1. The van der Waals surface area contributed by atoms with Gasteiger partial charge in [-0.3, -0.25) is 4.79 Å². The van der Waals surface area contributed by atoms with Gasteiger partial charge in [0.15, 0.2) is 0 Å². The van der Waals surface area contributed by atoms with Crippen LogP contribution >= 0.6 is 34.7 Å². The number of rotatable bonds is 5. The summed E-state index contributed by atoms with van der Waals surface area (Å²) in [5, 5.41) is 22.3. The minimum absolute atomic E-state index is 0.0704. The first-order valence-electron chi connectivity index (χ1n) is 10.8. The highest BCUT2D eigenvalue weighted by Gasteiger charge is 2.43. The summed E-state index contributed by atoms with van der Waals surface area (Å²) in [5.74, 6) is -0.234. The number of carbonyl (C=O) groups excluding carboxylic acids is 1. The van der Waals surface area contributed by atoms with Gasteiger partial charge in [-0.05, 0) is 52.2 Å². The summed E-state index contributed by atoms with van der Waals surface area (Å²) < 4.78 is 0. The minimum atomic E-state index is -0.826. The second-order valence-corrected chi connectivity index (χ2v) is 10.4. The fraction of sp³-hybridized carbons (Fsp3) is 0.240. The predicted molar refractivity (Wildman–Crippen MR) is 136 cm³/mol. The van der Waals surface area contributed by atoms with E-state index in [0.717, 1.165) is 47.9 Å². The molecule has 1 saturated heterocycles. The van der Waals surface area contributed by atoms with Crippen molar-refractivity contribution in [2.24, 2.45) is 0 Å². The zero-order valence-electron chi connectivity index (χ0n) is 17.9. The largest absolute Gasteiger partial charge is 0.511 e. The lowest BCUT2D eigenvalue weighted by Crippen LogP contribution is -2.50. The van der Waals surface area contributed by atoms with Gasteiger partial charge in [0, 0.05) is 43.2 Å². The summed E-state index contributed by atoms with van der Waals surface area (Å²) in [4.78, 5) is 16.7. The van der Waals surface area contributed by atoms with Crippen LogP contribution in [0, 0.1) is 0 Å². The molecule has 0 radical (unpaired) electrons. The molecule has 3 heterocycles. The number of amides is 1. The van der Waals surface area contributed by atoms with Crippen LogP contribution in [0.3, 0.4) is 0 Å². The van der Waals surface area contributed by atoms with Crippen molar-refractivity contribution < 1.29 is 9.90 Å². The van der Waals surface area contributed by atoms with Crippen LogP contribution in [-0.4, -0.2) is 37.2 Å². The number of nitrogens with one attached hydrogen (secondary N) is 2. The van der Waals surface area contributed by atoms with Crippen molar-refractivity contribution in [3.8, 4) is 0 Å². The highest BCUT2D eigenvalue weighted by molar-refractivity contribution is 8.04. The molecule has 1 aromatic heterocycles. The van der Waals surface area contributed by atoms with Gasteiger partial charge in [-0.25, -0.2) is 0 Å². The molecule has 3 N–H and O–H groups in total. The van der Waals surface area contributed by atoms with Crippen molar-refractivity contribution in [1.29, 1.82) is 0 Å². The average Bonchev–Trinajstić information content (AvgIpc) is 3.39. The Morgan fingerprint density at radius 1 is 1.03 bits per heavy atom. The van der Waals surface area contributed by atoms with Crippen LogP contribution in [0.4, 0.5) is 5.69 Å². The van der Waals surface area contributed by atoms with Crippen LogP contribution in [0.25, 0.3) is 0 Å². The van der Waals surface area contributed by atoms with Crippen LogP contribution < -0.4 is 15.5 Å². The number of thioether (sulfide) groups is 1. The lowest BCUT2D eigenvalue weighted by molar-refractivity contribution is -0.119. The smallest absolute Gasteiger partial charge is 0.262 e. The molecule has 3 aromatic rings. The standard InChI is InChI=1S/C25H24ClN3O2S2/c26-20-3-1-2-4-22(20)33-23-21(30)15-25(28-24(23)31,18-9-14-32-16-18)17-5-7-19(8-6-17)29-12-10-27-11-13-29/h1-9,14,16,27,30H,10-13,15H2,(H,28,31). The van der Waals surface area contributed by atoms with Gasteiger partial charge in [0.1, 0.15) is 10.7 Å². The third-order valence-electron chi connectivity index (χ3n) is 6.13. The number of thiophene rings is 1. The summed E-state index contributed by atoms with van der Waals surface area (Å²) in [6.07, 6.45) is 0.273. The number of benzene rings is 2. The van der Waals surface area contributed by atoms with E-state index in [4.69, 9.17) is 11.6 Å². The van der Waals surface area contributed by atoms with Crippen molar-refractivity contribution in [1.82, 2.24) is 10.6 Å². The Morgan fingerprint density at radius 3 is 2.45 bits per heavy atom. The number of nitrogens with zero attached hydrogens (tertiary/aromatic N) is 1. The van der Waals surface area contributed by atoms with Gasteiger partial charge >= 0.3 is 0 Å². The van der Waals surface area contributed by atoms with Crippen LogP contribution in [0.15, 0.2) is 80.9 Å². The summed E-state index contributed by atoms with van der Waals surface area (Å²) >= 11 is 9.06. The summed E-state index contributed by atoms with van der Waals surface area (Å²) in [5.41, 5.74) is 2.25. The molecular formula is C25H24ClN3O2S2. The number of halogens is 1. The summed E-state index contributed by atoms with van der Waals surface area (Å²) in [7, 11) is 0. The zero-order chi connectivity index (χ0) is 22.8. The lowest BCUT2D eigenvalue weighted by Gasteiger charge is -2.39. The van der Waals surface area contributed by atoms with E-state index in [9.17, 15) is 9.90 Å². The monoisotopic (exact) mass is 497 g/mol. The first-order valence-corrected chi connectivity index (χ1v) is 13.0. The lowest BCUT2D eigenvalue weighted by atomic mass is 9.79. The number of carbonyl (C=O) groups is 1. The predicted octanol–water partition coefficient (Wildman–Crippen LogP) is 5.14. The van der Waals surface area contributed by atoms with E-state index in [1.165, 1.54) is 11.8 Å². The molecule has 33 heavy (non-hydrogen) atoms. The maximum absolute atomic E-state index is 13.3. The van der Waals surface area contributed by atoms with Gasteiger partial charge in [-0.15, -0.1) is 0 Å². The fourth-order valence-electron chi connectivity index (χ4n) is 4.40. The van der Waals surface area contributed by atoms with Crippen molar-refractivity contribution in [3.63, 3.8) is 0 Å². The van der Waals surface area contributed by atoms with E-state index in [1.807, 2.05) is 35.0 Å². The first-order chi connectivity index (χ1) is 16.1. The van der Waals surface area contributed by atoms with Gasteiger partial charge in [0.05, 0.1) is 10.6 Å². The SMILES string of the molecule is O=C1NC(c2ccc(N3CCNCC3)cc2)(c2ccsc2)CC(O)=C1Sc1ccccc1Cl. The minimum Gasteiger partial charge on any atom is -0.511 e. The number of piperazine rings is 1. The Balaban J connectivity index is 1.50. The molecule has 5 rings (SSSR count). The molecule has 1 fully saturated rings. The molecule has 0 bridgehead atoms. The summed E-state index contributed by atoms with van der Waals surface area (Å²) in [6, 6.07) is 17.7. The topological polar surface area (TPSA) is 64.6 Å². The van der Waals surface area contributed by atoms with E-state index < -0.39 is 5.54 Å². The molecule has 2 aromatic carbocycles. The van der Waals surface area contributed by atoms with Crippen LogP contribution in [0.2, 0.25) is 5.02 Å². The molecule has 170 valence electrons. The highest BCUT2D eigenvalue weighted by Crippen LogP contribution is 2.44. The molecule has 0 saturated carbocycles. The fourth-order valence-corrected chi connectivity index (χ4v) is 6.25. The van der Waals surface area contributed by atoms with E-state index in [-0.39, 0.29) is 23.0 Å². The van der Waals surface area contributed by atoms with Crippen LogP contribution in [-0.2, 0) is 10.3 Å². The Labute approximate surface area is 206 Å².